The summed E-state index contributed by atoms with van der Waals surface area (Å²) in [7, 11) is -9.13. The summed E-state index contributed by atoms with van der Waals surface area (Å²) in [5.74, 6) is -0.885. The normalized spacial score (nSPS) is 12.4. The van der Waals surface area contributed by atoms with Gasteiger partial charge in [-0.05, 0) is 78.2 Å². The molecule has 4 aromatic carbocycles. The summed E-state index contributed by atoms with van der Waals surface area (Å²) >= 11 is 0. The van der Waals surface area contributed by atoms with Crippen LogP contribution in [0.3, 0.4) is 0 Å². The number of azo groups is 2. The molecule has 0 atom stereocenters. The molecule has 0 saturated heterocycles. The molecule has 4 rings (SSSR count). The molecule has 15 heteroatoms. The SMILES string of the molecule is CC(=O)Nc1ccc2c(O)c(N=Nc3ccc(N=Nc4ccc(S(=O)(=O)O)cc4)cc3)c(S(=O)(=O)O)cc2c1. The number of hydrogen-bond donors (Lipinski definition) is 4. The monoisotopic (exact) mass is 569 g/mol. The van der Waals surface area contributed by atoms with E-state index in [1.54, 1.807) is 0 Å². The molecule has 4 aromatic rings. The number of phenols is 1. The minimum absolute atomic E-state index is 0.214. The van der Waals surface area contributed by atoms with Crippen molar-refractivity contribution in [1.29, 1.82) is 0 Å². The van der Waals surface area contributed by atoms with Crippen LogP contribution in [0.25, 0.3) is 10.8 Å². The molecule has 0 bridgehead atoms. The molecule has 0 heterocycles. The number of carbonyl (C=O) groups is 1. The van der Waals surface area contributed by atoms with Crippen molar-refractivity contribution >= 4 is 65.4 Å². The molecule has 0 radical (unpaired) electrons. The van der Waals surface area contributed by atoms with Gasteiger partial charge in [-0.3, -0.25) is 13.9 Å². The topological polar surface area (TPSA) is 208 Å². The lowest BCUT2D eigenvalue weighted by Crippen LogP contribution is -2.05. The van der Waals surface area contributed by atoms with Crippen LogP contribution < -0.4 is 5.32 Å². The van der Waals surface area contributed by atoms with Crippen molar-refractivity contribution in [2.24, 2.45) is 20.5 Å². The van der Waals surface area contributed by atoms with E-state index in [9.17, 15) is 31.3 Å². The lowest BCUT2D eigenvalue weighted by molar-refractivity contribution is -0.114. The van der Waals surface area contributed by atoms with Gasteiger partial charge in [-0.2, -0.15) is 32.2 Å². The predicted molar refractivity (Wildman–Crippen MR) is 141 cm³/mol. The van der Waals surface area contributed by atoms with Gasteiger partial charge in [0, 0.05) is 18.0 Å². The van der Waals surface area contributed by atoms with Gasteiger partial charge < -0.3 is 10.4 Å². The molecular formula is C24H19N5O8S2. The molecule has 0 aromatic heterocycles. The number of amides is 1. The third kappa shape index (κ3) is 6.66. The minimum atomic E-state index is -4.81. The van der Waals surface area contributed by atoms with Gasteiger partial charge in [0.1, 0.15) is 10.6 Å². The highest BCUT2D eigenvalue weighted by Crippen LogP contribution is 2.42. The number of anilines is 1. The zero-order valence-electron chi connectivity index (χ0n) is 19.9. The smallest absolute Gasteiger partial charge is 0.296 e. The molecule has 0 spiro atoms. The number of nitrogens with zero attached hydrogens (tertiary/aromatic N) is 4. The van der Waals surface area contributed by atoms with Crippen molar-refractivity contribution in [2.45, 2.75) is 16.7 Å². The Kier molecular flexibility index (Phi) is 7.51. The molecule has 0 fully saturated rings. The number of rotatable bonds is 7. The van der Waals surface area contributed by atoms with E-state index in [4.69, 9.17) is 4.55 Å². The molecular weight excluding hydrogens is 550 g/mol. The average molecular weight is 570 g/mol. The van der Waals surface area contributed by atoms with E-state index in [0.717, 1.165) is 6.07 Å². The van der Waals surface area contributed by atoms with Crippen LogP contribution >= 0.6 is 0 Å². The van der Waals surface area contributed by atoms with E-state index in [2.05, 4.69) is 25.8 Å². The van der Waals surface area contributed by atoms with Crippen LogP contribution in [0.15, 0.2) is 103 Å². The molecule has 0 aliphatic carbocycles. The first-order valence-corrected chi connectivity index (χ1v) is 13.8. The van der Waals surface area contributed by atoms with Crippen LogP contribution in [-0.4, -0.2) is 37.0 Å². The predicted octanol–water partition coefficient (Wildman–Crippen LogP) is 5.83. The summed E-state index contributed by atoms with van der Waals surface area (Å²) in [5.41, 5.74) is 0.870. The Hall–Kier alpha value is -4.57. The molecule has 0 aliphatic heterocycles. The van der Waals surface area contributed by atoms with Gasteiger partial charge in [0.05, 0.1) is 22.0 Å². The number of aromatic hydroxyl groups is 1. The molecule has 200 valence electrons. The lowest BCUT2D eigenvalue weighted by atomic mass is 10.1. The highest BCUT2D eigenvalue weighted by Gasteiger charge is 2.22. The maximum Gasteiger partial charge on any atom is 0.296 e. The van der Waals surface area contributed by atoms with Gasteiger partial charge in [0.2, 0.25) is 5.91 Å². The highest BCUT2D eigenvalue weighted by molar-refractivity contribution is 7.86. The first-order chi connectivity index (χ1) is 18.3. The van der Waals surface area contributed by atoms with Gasteiger partial charge >= 0.3 is 0 Å². The van der Waals surface area contributed by atoms with Gasteiger partial charge in [-0.15, -0.1) is 5.11 Å². The fourth-order valence-corrected chi connectivity index (χ4v) is 4.56. The van der Waals surface area contributed by atoms with E-state index >= 15 is 0 Å². The second-order valence-electron chi connectivity index (χ2n) is 8.05. The summed E-state index contributed by atoms with van der Waals surface area (Å²) < 4.78 is 65.0. The van der Waals surface area contributed by atoms with Crippen LogP contribution in [-0.2, 0) is 25.0 Å². The number of carbonyl (C=O) groups excluding carboxylic acids is 1. The summed E-state index contributed by atoms with van der Waals surface area (Å²) in [5, 5.41) is 29.5. The summed E-state index contributed by atoms with van der Waals surface area (Å²) in [6.45, 7) is 1.30. The van der Waals surface area contributed by atoms with Crippen molar-refractivity contribution in [3.8, 4) is 5.75 Å². The fourth-order valence-electron chi connectivity index (χ4n) is 3.42. The Labute approximate surface area is 222 Å². The molecule has 4 N–H and O–H groups in total. The Morgan fingerprint density at radius 3 is 1.72 bits per heavy atom. The van der Waals surface area contributed by atoms with E-state index in [1.807, 2.05) is 0 Å². The largest absolute Gasteiger partial charge is 0.505 e. The van der Waals surface area contributed by atoms with Crippen molar-refractivity contribution in [1.82, 2.24) is 0 Å². The second kappa shape index (κ2) is 10.7. The number of benzene rings is 4. The molecule has 0 aliphatic rings. The van der Waals surface area contributed by atoms with Crippen molar-refractivity contribution in [3.63, 3.8) is 0 Å². The number of hydrogen-bond acceptors (Lipinski definition) is 10. The molecule has 39 heavy (non-hydrogen) atoms. The summed E-state index contributed by atoms with van der Waals surface area (Å²) in [6, 6.07) is 16.6. The maximum atomic E-state index is 12.0. The highest BCUT2D eigenvalue weighted by atomic mass is 32.2. The maximum absolute atomic E-state index is 12.0. The number of nitrogens with one attached hydrogen (secondary N) is 1. The quantitative estimate of drug-likeness (QED) is 0.157. The number of phenolic OH excluding ortho intramolecular Hbond substituents is 1. The van der Waals surface area contributed by atoms with E-state index < -0.39 is 36.6 Å². The van der Waals surface area contributed by atoms with Gasteiger partial charge in [0.25, 0.3) is 20.2 Å². The third-order valence-corrected chi connectivity index (χ3v) is 6.91. The molecule has 0 saturated carbocycles. The van der Waals surface area contributed by atoms with E-state index in [-0.39, 0.29) is 27.3 Å². The Balaban J connectivity index is 1.60. The molecule has 1 amide bonds. The first kappa shape index (κ1) is 27.5. The van der Waals surface area contributed by atoms with Crippen LogP contribution in [0, 0.1) is 0 Å². The standard InChI is InChI=1S/C24H19N5O8S2/c1-14(30)25-19-8-11-21-15(12-19)13-22(39(35,36)37)23(24(21)31)29-28-17-4-2-16(3-5-17)26-27-18-6-9-20(10-7-18)38(32,33)34/h2-13,31H,1H3,(H,25,30)(H,32,33,34)(H,35,36,37). The third-order valence-electron chi connectivity index (χ3n) is 5.18. The van der Waals surface area contributed by atoms with Crippen LogP contribution in [0.5, 0.6) is 5.75 Å². The second-order valence-corrected chi connectivity index (χ2v) is 10.9. The van der Waals surface area contributed by atoms with Crippen LogP contribution in [0.2, 0.25) is 0 Å². The summed E-state index contributed by atoms with van der Waals surface area (Å²) in [4.78, 5) is 10.4. The van der Waals surface area contributed by atoms with Crippen LogP contribution in [0.4, 0.5) is 28.4 Å². The lowest BCUT2D eigenvalue weighted by Gasteiger charge is -2.10. The Morgan fingerprint density at radius 1 is 0.718 bits per heavy atom. The van der Waals surface area contributed by atoms with E-state index in [1.165, 1.54) is 73.7 Å². The van der Waals surface area contributed by atoms with E-state index in [0.29, 0.717) is 17.1 Å². The minimum Gasteiger partial charge on any atom is -0.505 e. The average Bonchev–Trinajstić information content (AvgIpc) is 2.86. The number of fused-ring (bicyclic) bond motifs is 1. The van der Waals surface area contributed by atoms with Crippen molar-refractivity contribution in [3.05, 3.63) is 72.8 Å². The van der Waals surface area contributed by atoms with Gasteiger partial charge in [-0.1, -0.05) is 0 Å². The summed E-state index contributed by atoms with van der Waals surface area (Å²) in [6.07, 6.45) is 0. The Morgan fingerprint density at radius 2 is 1.23 bits per heavy atom. The van der Waals surface area contributed by atoms with Crippen LogP contribution in [0.1, 0.15) is 6.92 Å². The van der Waals surface area contributed by atoms with Gasteiger partial charge in [0.15, 0.2) is 5.75 Å². The first-order valence-electron chi connectivity index (χ1n) is 10.9. The zero-order chi connectivity index (χ0) is 28.4. The van der Waals surface area contributed by atoms with Gasteiger partial charge in [-0.25, -0.2) is 0 Å². The van der Waals surface area contributed by atoms with Crippen molar-refractivity contribution in [2.75, 3.05) is 5.32 Å². The molecule has 13 nitrogen and oxygen atoms in total. The zero-order valence-corrected chi connectivity index (χ0v) is 21.5. The Bertz CT molecular complexity index is 1850. The van der Waals surface area contributed by atoms with Crippen molar-refractivity contribution < 1.29 is 35.8 Å². The molecule has 0 unspecified atom stereocenters. The fraction of sp³-hybridized carbons (Fsp3) is 0.0417.